The van der Waals surface area contributed by atoms with Gasteiger partial charge < -0.3 is 15.8 Å². The van der Waals surface area contributed by atoms with Crippen LogP contribution in [0.2, 0.25) is 5.02 Å². The van der Waals surface area contributed by atoms with Gasteiger partial charge in [0.15, 0.2) is 9.84 Å². The SMILES string of the molecule is CC(C)(C)OC(=O)NC1(CN)CC1S(=O)(=O)c1ccc(Cl)cc1. The lowest BCUT2D eigenvalue weighted by Crippen LogP contribution is -2.48. The molecule has 0 saturated heterocycles. The van der Waals surface area contributed by atoms with E-state index in [2.05, 4.69) is 5.32 Å². The van der Waals surface area contributed by atoms with E-state index < -0.39 is 32.3 Å². The Balaban J connectivity index is 2.16. The Hall–Kier alpha value is -1.31. The molecule has 0 spiro atoms. The number of carbonyl (C=O) groups is 1. The van der Waals surface area contributed by atoms with Gasteiger partial charge in [0.05, 0.1) is 15.7 Å². The molecule has 3 N–H and O–H groups in total. The minimum Gasteiger partial charge on any atom is -0.444 e. The zero-order chi connectivity index (χ0) is 17.5. The average molecular weight is 361 g/mol. The Morgan fingerprint density at radius 2 is 1.96 bits per heavy atom. The van der Waals surface area contributed by atoms with Crippen molar-refractivity contribution in [2.75, 3.05) is 6.54 Å². The van der Waals surface area contributed by atoms with E-state index in [0.717, 1.165) is 0 Å². The van der Waals surface area contributed by atoms with Crippen molar-refractivity contribution in [3.8, 4) is 0 Å². The zero-order valence-corrected chi connectivity index (χ0v) is 14.9. The molecule has 1 aliphatic rings. The summed E-state index contributed by atoms with van der Waals surface area (Å²) in [4.78, 5) is 12.1. The molecule has 1 aromatic carbocycles. The molecule has 23 heavy (non-hydrogen) atoms. The Kier molecular flexibility index (Phi) is 4.67. The molecule has 0 aliphatic heterocycles. The van der Waals surface area contributed by atoms with Crippen LogP contribution in [0.4, 0.5) is 4.79 Å². The van der Waals surface area contributed by atoms with Crippen LogP contribution in [0.15, 0.2) is 29.2 Å². The Labute approximate surface area is 141 Å². The van der Waals surface area contributed by atoms with E-state index in [1.165, 1.54) is 24.3 Å². The second-order valence-electron chi connectivity index (χ2n) is 6.68. The Bertz CT molecular complexity index is 697. The first-order chi connectivity index (χ1) is 10.5. The molecule has 2 atom stereocenters. The lowest BCUT2D eigenvalue weighted by atomic mass is 10.2. The average Bonchev–Trinajstić information content (AvgIpc) is 3.12. The van der Waals surface area contributed by atoms with Crippen molar-refractivity contribution in [2.45, 2.75) is 48.5 Å². The van der Waals surface area contributed by atoms with Gasteiger partial charge in [-0.25, -0.2) is 13.2 Å². The number of hydrogen-bond acceptors (Lipinski definition) is 5. The van der Waals surface area contributed by atoms with Crippen LogP contribution in [0.1, 0.15) is 27.2 Å². The fourth-order valence-electron chi connectivity index (χ4n) is 2.37. The van der Waals surface area contributed by atoms with Gasteiger partial charge in [-0.1, -0.05) is 11.6 Å². The third-order valence-electron chi connectivity index (χ3n) is 3.64. The van der Waals surface area contributed by atoms with Gasteiger partial charge in [0.2, 0.25) is 0 Å². The monoisotopic (exact) mass is 360 g/mol. The van der Waals surface area contributed by atoms with Crippen molar-refractivity contribution in [3.63, 3.8) is 0 Å². The van der Waals surface area contributed by atoms with Crippen LogP contribution in [0.25, 0.3) is 0 Å². The van der Waals surface area contributed by atoms with E-state index in [0.29, 0.717) is 5.02 Å². The zero-order valence-electron chi connectivity index (χ0n) is 13.3. The standard InChI is InChI=1S/C15H21ClN2O4S/c1-14(2,3)22-13(19)18-15(9-17)8-12(15)23(20,21)11-6-4-10(16)5-7-11/h4-7,12H,8-9,17H2,1-3H3,(H,18,19). The van der Waals surface area contributed by atoms with E-state index in [-0.39, 0.29) is 17.9 Å². The van der Waals surface area contributed by atoms with Gasteiger partial charge in [0.25, 0.3) is 0 Å². The van der Waals surface area contributed by atoms with Crippen molar-refractivity contribution < 1.29 is 17.9 Å². The maximum absolute atomic E-state index is 12.7. The van der Waals surface area contributed by atoms with Gasteiger partial charge in [-0.3, -0.25) is 0 Å². The molecular formula is C15H21ClN2O4S. The first-order valence-electron chi connectivity index (χ1n) is 7.21. The molecule has 6 nitrogen and oxygen atoms in total. The number of rotatable bonds is 4. The van der Waals surface area contributed by atoms with E-state index in [1.54, 1.807) is 20.8 Å². The number of amides is 1. The highest BCUT2D eigenvalue weighted by atomic mass is 35.5. The van der Waals surface area contributed by atoms with Gasteiger partial charge in [0, 0.05) is 11.6 Å². The van der Waals surface area contributed by atoms with Gasteiger partial charge >= 0.3 is 6.09 Å². The number of carbonyl (C=O) groups excluding carboxylic acids is 1. The molecule has 1 aliphatic carbocycles. The fourth-order valence-corrected chi connectivity index (χ4v) is 4.61. The lowest BCUT2D eigenvalue weighted by molar-refractivity contribution is 0.0499. The van der Waals surface area contributed by atoms with Crippen LogP contribution in [-0.2, 0) is 14.6 Å². The molecule has 0 bridgehead atoms. The summed E-state index contributed by atoms with van der Waals surface area (Å²) in [5, 5.41) is 2.31. The number of nitrogens with one attached hydrogen (secondary N) is 1. The van der Waals surface area contributed by atoms with Crippen LogP contribution in [-0.4, -0.2) is 37.4 Å². The predicted molar refractivity (Wildman–Crippen MR) is 88.2 cm³/mol. The van der Waals surface area contributed by atoms with Crippen LogP contribution in [0.5, 0.6) is 0 Å². The predicted octanol–water partition coefficient (Wildman–Crippen LogP) is 2.11. The summed E-state index contributed by atoms with van der Waals surface area (Å²) >= 11 is 5.78. The number of nitrogens with two attached hydrogens (primary N) is 1. The number of alkyl carbamates (subject to hydrolysis) is 1. The Morgan fingerprint density at radius 1 is 1.39 bits per heavy atom. The van der Waals surface area contributed by atoms with Gasteiger partial charge in [0.1, 0.15) is 5.60 Å². The molecule has 1 fully saturated rings. The summed E-state index contributed by atoms with van der Waals surface area (Å²) in [6.45, 7) is 5.22. The molecule has 2 unspecified atom stereocenters. The Morgan fingerprint density at radius 3 is 2.43 bits per heavy atom. The highest BCUT2D eigenvalue weighted by molar-refractivity contribution is 7.92. The first-order valence-corrected chi connectivity index (χ1v) is 9.13. The van der Waals surface area contributed by atoms with Crippen LogP contribution >= 0.6 is 11.6 Å². The molecule has 8 heteroatoms. The van der Waals surface area contributed by atoms with Crippen LogP contribution in [0.3, 0.4) is 0 Å². The number of sulfone groups is 1. The maximum Gasteiger partial charge on any atom is 0.408 e. The first kappa shape index (κ1) is 18.0. The molecule has 0 heterocycles. The van der Waals surface area contributed by atoms with Gasteiger partial charge in [-0.05, 0) is 51.5 Å². The molecule has 0 aromatic heterocycles. The van der Waals surface area contributed by atoms with Crippen molar-refractivity contribution >= 4 is 27.5 Å². The normalized spacial score (nSPS) is 24.1. The van der Waals surface area contributed by atoms with Crippen molar-refractivity contribution in [1.82, 2.24) is 5.32 Å². The smallest absolute Gasteiger partial charge is 0.408 e. The van der Waals surface area contributed by atoms with Crippen molar-refractivity contribution in [3.05, 3.63) is 29.3 Å². The molecular weight excluding hydrogens is 340 g/mol. The molecule has 2 rings (SSSR count). The van der Waals surface area contributed by atoms with Gasteiger partial charge in [-0.15, -0.1) is 0 Å². The minimum atomic E-state index is -3.60. The topological polar surface area (TPSA) is 98.5 Å². The number of hydrogen-bond donors (Lipinski definition) is 2. The summed E-state index contributed by atoms with van der Waals surface area (Å²) in [7, 11) is -3.60. The summed E-state index contributed by atoms with van der Waals surface area (Å²) < 4.78 is 30.5. The van der Waals surface area contributed by atoms with E-state index in [4.69, 9.17) is 22.1 Å². The van der Waals surface area contributed by atoms with Crippen LogP contribution < -0.4 is 11.1 Å². The summed E-state index contributed by atoms with van der Waals surface area (Å²) in [6.07, 6.45) is -0.412. The summed E-state index contributed by atoms with van der Waals surface area (Å²) in [5.74, 6) is 0. The fraction of sp³-hybridized carbons (Fsp3) is 0.533. The molecule has 128 valence electrons. The van der Waals surface area contributed by atoms with Crippen LogP contribution in [0, 0.1) is 0 Å². The van der Waals surface area contributed by atoms with Crippen molar-refractivity contribution in [1.29, 1.82) is 0 Å². The number of ether oxygens (including phenoxy) is 1. The number of benzene rings is 1. The van der Waals surface area contributed by atoms with E-state index in [9.17, 15) is 13.2 Å². The van der Waals surface area contributed by atoms with E-state index in [1.807, 2.05) is 0 Å². The summed E-state index contributed by atoms with van der Waals surface area (Å²) in [6, 6.07) is 5.93. The third-order valence-corrected chi connectivity index (χ3v) is 6.18. The van der Waals surface area contributed by atoms with E-state index >= 15 is 0 Å². The molecule has 1 amide bonds. The highest BCUT2D eigenvalue weighted by Gasteiger charge is 2.62. The second kappa shape index (κ2) is 5.96. The quantitative estimate of drug-likeness (QED) is 0.856. The molecule has 0 radical (unpaired) electrons. The molecule has 1 aromatic rings. The largest absolute Gasteiger partial charge is 0.444 e. The minimum absolute atomic E-state index is 0.0176. The lowest BCUT2D eigenvalue weighted by Gasteiger charge is -2.23. The second-order valence-corrected chi connectivity index (χ2v) is 9.25. The van der Waals surface area contributed by atoms with Crippen molar-refractivity contribution in [2.24, 2.45) is 5.73 Å². The number of halogens is 1. The molecule has 1 saturated carbocycles. The third kappa shape index (κ3) is 3.97. The van der Waals surface area contributed by atoms with Gasteiger partial charge in [-0.2, -0.15) is 0 Å². The maximum atomic E-state index is 12.7. The summed E-state index contributed by atoms with van der Waals surface area (Å²) in [5.41, 5.74) is 4.06. The highest BCUT2D eigenvalue weighted by Crippen LogP contribution is 2.44.